The first-order chi connectivity index (χ1) is 6.37. The first-order valence-corrected chi connectivity index (χ1v) is 4.26. The molecule has 0 unspecified atom stereocenters. The van der Waals surface area contributed by atoms with Crippen LogP contribution in [0.5, 0.6) is 0 Å². The van der Waals surface area contributed by atoms with Crippen molar-refractivity contribution in [3.05, 3.63) is 5.82 Å². The maximum Gasteiger partial charge on any atom is 0.414 e. The number of aromatic amines is 1. The Morgan fingerprint density at radius 1 is 1.50 bits per heavy atom. The summed E-state index contributed by atoms with van der Waals surface area (Å²) in [7, 11) is 0. The van der Waals surface area contributed by atoms with Crippen LogP contribution in [0.25, 0.3) is 0 Å². The minimum Gasteiger partial charge on any atom is -0.444 e. The molecule has 6 nitrogen and oxygen atoms in total. The second kappa shape index (κ2) is 3.65. The number of anilines is 1. The lowest BCUT2D eigenvalue weighted by Crippen LogP contribution is -2.27. The van der Waals surface area contributed by atoms with E-state index in [0.29, 0.717) is 5.82 Å². The van der Waals surface area contributed by atoms with Crippen LogP contribution in [-0.2, 0) is 4.74 Å². The summed E-state index contributed by atoms with van der Waals surface area (Å²) in [6, 6.07) is 0. The molecule has 0 saturated heterocycles. The zero-order valence-electron chi connectivity index (χ0n) is 8.71. The maximum atomic E-state index is 11.2. The highest BCUT2D eigenvalue weighted by atomic mass is 16.6. The van der Waals surface area contributed by atoms with E-state index in [1.54, 1.807) is 27.7 Å². The van der Waals surface area contributed by atoms with Crippen molar-refractivity contribution in [1.29, 1.82) is 0 Å². The van der Waals surface area contributed by atoms with Gasteiger partial charge < -0.3 is 4.74 Å². The van der Waals surface area contributed by atoms with E-state index in [2.05, 4.69) is 20.5 Å². The summed E-state index contributed by atoms with van der Waals surface area (Å²) >= 11 is 0. The summed E-state index contributed by atoms with van der Waals surface area (Å²) in [5, 5.41) is 8.75. The number of hydrogen-bond donors (Lipinski definition) is 2. The summed E-state index contributed by atoms with van der Waals surface area (Å²) in [6.07, 6.45) is -0.559. The highest BCUT2D eigenvalue weighted by Gasteiger charge is 2.17. The van der Waals surface area contributed by atoms with E-state index in [4.69, 9.17) is 4.74 Å². The fourth-order valence-electron chi connectivity index (χ4n) is 0.794. The molecule has 1 aromatic rings. The van der Waals surface area contributed by atoms with Crippen molar-refractivity contribution in [3.8, 4) is 0 Å². The first kappa shape index (κ1) is 10.5. The van der Waals surface area contributed by atoms with Crippen molar-refractivity contribution < 1.29 is 9.53 Å². The van der Waals surface area contributed by atoms with Crippen molar-refractivity contribution in [2.45, 2.75) is 33.3 Å². The van der Waals surface area contributed by atoms with E-state index in [1.807, 2.05) is 0 Å². The number of aromatic nitrogens is 3. The van der Waals surface area contributed by atoms with Crippen LogP contribution in [0.3, 0.4) is 0 Å². The predicted molar refractivity (Wildman–Crippen MR) is 51.0 cm³/mol. The number of nitrogens with one attached hydrogen (secondary N) is 2. The van der Waals surface area contributed by atoms with Gasteiger partial charge >= 0.3 is 6.09 Å². The van der Waals surface area contributed by atoms with Crippen LogP contribution in [0.4, 0.5) is 10.7 Å². The molecule has 78 valence electrons. The van der Waals surface area contributed by atoms with Crippen molar-refractivity contribution in [3.63, 3.8) is 0 Å². The second-order valence-electron chi connectivity index (χ2n) is 3.87. The van der Waals surface area contributed by atoms with Gasteiger partial charge in [-0.25, -0.2) is 4.79 Å². The van der Waals surface area contributed by atoms with E-state index < -0.39 is 11.7 Å². The summed E-state index contributed by atoms with van der Waals surface area (Å²) < 4.78 is 5.01. The second-order valence-corrected chi connectivity index (χ2v) is 3.87. The van der Waals surface area contributed by atoms with Crippen LogP contribution in [0.15, 0.2) is 0 Å². The number of amides is 1. The largest absolute Gasteiger partial charge is 0.444 e. The smallest absolute Gasteiger partial charge is 0.414 e. The normalized spacial score (nSPS) is 11.1. The van der Waals surface area contributed by atoms with Gasteiger partial charge in [0, 0.05) is 0 Å². The molecule has 0 bridgehead atoms. The van der Waals surface area contributed by atoms with E-state index >= 15 is 0 Å². The molecule has 1 aromatic heterocycles. The van der Waals surface area contributed by atoms with Crippen LogP contribution in [0.2, 0.25) is 0 Å². The van der Waals surface area contributed by atoms with Crippen LogP contribution < -0.4 is 5.32 Å². The van der Waals surface area contributed by atoms with Crippen LogP contribution in [0.1, 0.15) is 26.6 Å². The lowest BCUT2D eigenvalue weighted by Gasteiger charge is -2.18. The summed E-state index contributed by atoms with van der Waals surface area (Å²) in [5.41, 5.74) is -0.518. The third-order valence-electron chi connectivity index (χ3n) is 1.21. The lowest BCUT2D eigenvalue weighted by atomic mass is 10.2. The molecular weight excluding hydrogens is 184 g/mol. The highest BCUT2D eigenvalue weighted by molar-refractivity contribution is 5.82. The van der Waals surface area contributed by atoms with Gasteiger partial charge in [0.05, 0.1) is 0 Å². The Bertz CT molecular complexity index is 326. The standard InChI is InChI=1S/C8H14N4O2/c1-5-9-6(12-11-5)10-7(13)14-8(2,3)4/h1-4H3,(H2,9,10,11,12,13). The molecule has 0 aliphatic rings. The Morgan fingerprint density at radius 2 is 2.14 bits per heavy atom. The third-order valence-corrected chi connectivity index (χ3v) is 1.21. The number of rotatable bonds is 1. The van der Waals surface area contributed by atoms with Gasteiger partial charge in [0.15, 0.2) is 0 Å². The van der Waals surface area contributed by atoms with Crippen molar-refractivity contribution in [2.24, 2.45) is 0 Å². The maximum absolute atomic E-state index is 11.2. The summed E-state index contributed by atoms with van der Waals surface area (Å²) in [5.74, 6) is 0.854. The average molecular weight is 198 g/mol. The van der Waals surface area contributed by atoms with Gasteiger partial charge in [0.1, 0.15) is 11.4 Å². The van der Waals surface area contributed by atoms with Crippen LogP contribution in [-0.4, -0.2) is 26.9 Å². The van der Waals surface area contributed by atoms with Crippen LogP contribution >= 0.6 is 0 Å². The Kier molecular flexibility index (Phi) is 2.73. The Hall–Kier alpha value is -1.59. The highest BCUT2D eigenvalue weighted by Crippen LogP contribution is 2.08. The minimum atomic E-state index is -0.559. The van der Waals surface area contributed by atoms with Crippen molar-refractivity contribution >= 4 is 12.0 Å². The van der Waals surface area contributed by atoms with Gasteiger partial charge in [-0.2, -0.15) is 4.98 Å². The van der Waals surface area contributed by atoms with Crippen molar-refractivity contribution in [1.82, 2.24) is 15.2 Å². The minimum absolute atomic E-state index is 0.219. The molecule has 2 N–H and O–H groups in total. The number of aryl methyl sites for hydroxylation is 1. The molecule has 0 radical (unpaired) electrons. The molecule has 0 aliphatic heterocycles. The van der Waals surface area contributed by atoms with Crippen LogP contribution in [0, 0.1) is 6.92 Å². The van der Waals surface area contributed by atoms with Gasteiger partial charge in [-0.3, -0.25) is 10.4 Å². The number of carbonyl (C=O) groups excluding carboxylic acids is 1. The van der Waals surface area contributed by atoms with E-state index in [9.17, 15) is 4.79 Å². The number of nitrogens with zero attached hydrogens (tertiary/aromatic N) is 2. The van der Waals surface area contributed by atoms with E-state index in [1.165, 1.54) is 0 Å². The van der Waals surface area contributed by atoms with Gasteiger partial charge in [-0.15, -0.1) is 5.10 Å². The predicted octanol–water partition coefficient (Wildman–Crippen LogP) is 1.46. The fraction of sp³-hybridized carbons (Fsp3) is 0.625. The molecule has 0 atom stereocenters. The average Bonchev–Trinajstić information content (AvgIpc) is 2.30. The number of ether oxygens (including phenoxy) is 1. The number of carbonyl (C=O) groups is 1. The lowest BCUT2D eigenvalue weighted by molar-refractivity contribution is 0.0634. The molecule has 0 fully saturated rings. The molecule has 0 aliphatic carbocycles. The fourth-order valence-corrected chi connectivity index (χ4v) is 0.794. The number of hydrogen-bond acceptors (Lipinski definition) is 4. The molecule has 0 aromatic carbocycles. The molecule has 0 saturated carbocycles. The molecule has 1 heterocycles. The van der Waals surface area contributed by atoms with Crippen molar-refractivity contribution in [2.75, 3.05) is 5.32 Å². The SMILES string of the molecule is Cc1nc(NC(=O)OC(C)(C)C)n[nH]1. The Balaban J connectivity index is 2.50. The molecular formula is C8H14N4O2. The third kappa shape index (κ3) is 3.42. The summed E-state index contributed by atoms with van der Waals surface area (Å²) in [6.45, 7) is 7.11. The zero-order valence-corrected chi connectivity index (χ0v) is 8.71. The molecule has 1 rings (SSSR count). The van der Waals surface area contributed by atoms with Gasteiger partial charge in [-0.05, 0) is 27.7 Å². The van der Waals surface area contributed by atoms with Gasteiger partial charge in [-0.1, -0.05) is 0 Å². The molecule has 6 heteroatoms. The molecule has 14 heavy (non-hydrogen) atoms. The monoisotopic (exact) mass is 198 g/mol. The molecule has 1 amide bonds. The zero-order chi connectivity index (χ0) is 10.8. The van der Waals surface area contributed by atoms with Gasteiger partial charge in [0.25, 0.3) is 5.95 Å². The Labute approximate surface area is 82.1 Å². The summed E-state index contributed by atoms with van der Waals surface area (Å²) in [4.78, 5) is 15.1. The van der Waals surface area contributed by atoms with Gasteiger partial charge in [0.2, 0.25) is 0 Å². The number of H-pyrrole nitrogens is 1. The quantitative estimate of drug-likeness (QED) is 0.715. The first-order valence-electron chi connectivity index (χ1n) is 4.26. The van der Waals surface area contributed by atoms with E-state index in [-0.39, 0.29) is 5.95 Å². The Morgan fingerprint density at radius 3 is 2.57 bits per heavy atom. The molecule has 0 spiro atoms. The topological polar surface area (TPSA) is 79.9 Å². The van der Waals surface area contributed by atoms with E-state index in [0.717, 1.165) is 0 Å².